The summed E-state index contributed by atoms with van der Waals surface area (Å²) >= 11 is 18.1. The van der Waals surface area contributed by atoms with Crippen molar-refractivity contribution in [2.45, 2.75) is 11.1 Å². The van der Waals surface area contributed by atoms with Crippen LogP contribution in [-0.4, -0.2) is 11.9 Å². The Hall–Kier alpha value is -0.190. The van der Waals surface area contributed by atoms with E-state index in [-0.39, 0.29) is 0 Å². The summed E-state index contributed by atoms with van der Waals surface area (Å²) in [6.07, 6.45) is -4.18. The van der Waals surface area contributed by atoms with Gasteiger partial charge in [0.25, 0.3) is 0 Å². The minimum atomic E-state index is -4.18. The summed E-state index contributed by atoms with van der Waals surface area (Å²) < 4.78 is 34.0. The molecule has 0 radical (unpaired) electrons. The van der Waals surface area contributed by atoms with E-state index in [1.54, 1.807) is 36.4 Å². The molecule has 0 amide bonds. The van der Waals surface area contributed by atoms with E-state index in [2.05, 4.69) is 0 Å². The standard InChI is InChI=1S/C14H10Cl2F3PS2/c15-20(16,21)13-4-2-1-3-12(13)10-5-7-11(8-6-10)22-9-14(17,18)19/h1-8H,9H2. The summed E-state index contributed by atoms with van der Waals surface area (Å²) in [6.45, 7) is 0. The van der Waals surface area contributed by atoms with Crippen LogP contribution in [0.25, 0.3) is 11.1 Å². The maximum Gasteiger partial charge on any atom is 0.398 e. The van der Waals surface area contributed by atoms with E-state index in [4.69, 9.17) is 34.3 Å². The van der Waals surface area contributed by atoms with Gasteiger partial charge in [-0.25, -0.2) is 0 Å². The third kappa shape index (κ3) is 5.17. The normalized spacial score (nSPS) is 12.4. The molecule has 0 saturated heterocycles. The fourth-order valence-electron chi connectivity index (χ4n) is 1.84. The van der Waals surface area contributed by atoms with Crippen LogP contribution in [0, 0.1) is 0 Å². The smallest absolute Gasteiger partial charge is 0.170 e. The van der Waals surface area contributed by atoms with Crippen molar-refractivity contribution in [2.24, 2.45) is 0 Å². The summed E-state index contributed by atoms with van der Waals surface area (Å²) in [5, 5.41) is 0.684. The van der Waals surface area contributed by atoms with Gasteiger partial charge in [-0.3, -0.25) is 0 Å². The first-order valence-corrected chi connectivity index (χ1v) is 11.7. The average molecular weight is 401 g/mol. The van der Waals surface area contributed by atoms with Gasteiger partial charge < -0.3 is 0 Å². The molecule has 0 spiro atoms. The fourth-order valence-corrected chi connectivity index (χ4v) is 4.61. The SMILES string of the molecule is FC(F)(F)CSc1ccc(-c2ccccc2P(=S)(Cl)Cl)cc1. The molecule has 0 bridgehead atoms. The summed E-state index contributed by atoms with van der Waals surface area (Å²) in [4.78, 5) is 0.551. The molecule has 0 aliphatic rings. The molecule has 0 heterocycles. The van der Waals surface area contributed by atoms with E-state index in [9.17, 15) is 13.2 Å². The third-order valence-electron chi connectivity index (χ3n) is 2.75. The maximum atomic E-state index is 12.2. The van der Waals surface area contributed by atoms with Gasteiger partial charge in [-0.05, 0) is 23.3 Å². The molecule has 0 N–H and O–H groups in total. The number of thioether (sulfide) groups is 1. The van der Waals surface area contributed by atoms with Crippen LogP contribution in [0.5, 0.6) is 0 Å². The van der Waals surface area contributed by atoms with Crippen LogP contribution in [-0.2, 0) is 11.8 Å². The van der Waals surface area contributed by atoms with Crippen molar-refractivity contribution in [3.8, 4) is 11.1 Å². The first-order valence-electron chi connectivity index (χ1n) is 6.06. The second-order valence-electron chi connectivity index (χ2n) is 4.41. The van der Waals surface area contributed by atoms with Crippen molar-refractivity contribution in [1.82, 2.24) is 0 Å². The third-order valence-corrected chi connectivity index (χ3v) is 6.46. The lowest BCUT2D eigenvalue weighted by Gasteiger charge is -2.13. The molecule has 118 valence electrons. The maximum absolute atomic E-state index is 12.2. The zero-order chi connectivity index (χ0) is 16.4. The van der Waals surface area contributed by atoms with Gasteiger partial charge >= 0.3 is 6.18 Å². The molecule has 2 rings (SSSR count). The molecular weight excluding hydrogens is 391 g/mol. The molecule has 0 atom stereocenters. The Morgan fingerprint density at radius 3 is 2.14 bits per heavy atom. The Morgan fingerprint density at radius 2 is 1.59 bits per heavy atom. The number of rotatable bonds is 4. The highest BCUT2D eigenvalue weighted by Gasteiger charge is 2.27. The predicted octanol–water partition coefficient (Wildman–Crippen LogP) is 6.42. The van der Waals surface area contributed by atoms with Crippen LogP contribution in [0.2, 0.25) is 0 Å². The van der Waals surface area contributed by atoms with Crippen molar-refractivity contribution >= 4 is 56.1 Å². The molecule has 0 unspecified atom stereocenters. The van der Waals surface area contributed by atoms with Crippen LogP contribution in [0.3, 0.4) is 0 Å². The molecule has 0 fully saturated rings. The van der Waals surface area contributed by atoms with E-state index in [0.29, 0.717) is 10.2 Å². The minimum Gasteiger partial charge on any atom is -0.170 e. The number of halogens is 5. The molecular formula is C14H10Cl2F3PS2. The van der Waals surface area contributed by atoms with E-state index in [0.717, 1.165) is 22.9 Å². The van der Waals surface area contributed by atoms with Gasteiger partial charge in [0.15, 0.2) is 0 Å². The molecule has 0 aromatic heterocycles. The van der Waals surface area contributed by atoms with Crippen molar-refractivity contribution < 1.29 is 13.2 Å². The first kappa shape index (κ1) is 18.2. The number of hydrogen-bond donors (Lipinski definition) is 0. The van der Waals surface area contributed by atoms with Gasteiger partial charge in [-0.1, -0.05) is 70.7 Å². The Balaban J connectivity index is 2.27. The second-order valence-corrected chi connectivity index (χ2v) is 13.3. The van der Waals surface area contributed by atoms with Gasteiger partial charge in [-0.15, -0.1) is 11.8 Å². The van der Waals surface area contributed by atoms with Crippen LogP contribution < -0.4 is 5.30 Å². The highest BCUT2D eigenvalue weighted by atomic mass is 35.9. The Kier molecular flexibility index (Phi) is 5.89. The van der Waals surface area contributed by atoms with E-state index >= 15 is 0 Å². The fraction of sp³-hybridized carbons (Fsp3) is 0.143. The van der Waals surface area contributed by atoms with Crippen molar-refractivity contribution in [3.05, 3.63) is 48.5 Å². The highest BCUT2D eigenvalue weighted by molar-refractivity contribution is 8.42. The topological polar surface area (TPSA) is 0 Å². The molecule has 0 aliphatic heterocycles. The molecule has 8 heteroatoms. The predicted molar refractivity (Wildman–Crippen MR) is 94.3 cm³/mol. The lowest BCUT2D eigenvalue weighted by atomic mass is 10.1. The molecule has 0 aliphatic carbocycles. The van der Waals surface area contributed by atoms with Crippen LogP contribution >= 0.6 is 39.0 Å². The molecule has 22 heavy (non-hydrogen) atoms. The molecule has 0 saturated carbocycles. The summed E-state index contributed by atoms with van der Waals surface area (Å²) in [5.41, 5.74) is 1.63. The summed E-state index contributed by atoms with van der Waals surface area (Å²) in [7, 11) is 0. The van der Waals surface area contributed by atoms with Crippen molar-refractivity contribution in [2.75, 3.05) is 5.75 Å². The Labute approximate surface area is 145 Å². The average Bonchev–Trinajstić information content (AvgIpc) is 2.44. The number of alkyl halides is 3. The lowest BCUT2D eigenvalue weighted by molar-refractivity contribution is -0.105. The lowest BCUT2D eigenvalue weighted by Crippen LogP contribution is -2.10. The van der Waals surface area contributed by atoms with Crippen LogP contribution in [0.1, 0.15) is 0 Å². The molecule has 2 aromatic rings. The Bertz CT molecular complexity index is 696. The van der Waals surface area contributed by atoms with Crippen molar-refractivity contribution in [1.29, 1.82) is 0 Å². The largest absolute Gasteiger partial charge is 0.398 e. The van der Waals surface area contributed by atoms with Gasteiger partial charge in [-0.2, -0.15) is 13.2 Å². The quantitative estimate of drug-likeness (QED) is 0.428. The molecule has 2 aromatic carbocycles. The molecule has 0 nitrogen and oxygen atoms in total. The van der Waals surface area contributed by atoms with Crippen molar-refractivity contribution in [3.63, 3.8) is 0 Å². The zero-order valence-electron chi connectivity index (χ0n) is 11.0. The number of benzene rings is 2. The van der Waals surface area contributed by atoms with Gasteiger partial charge in [0.05, 0.1) is 5.75 Å². The van der Waals surface area contributed by atoms with E-state index in [1.165, 1.54) is 0 Å². The second kappa shape index (κ2) is 7.14. The van der Waals surface area contributed by atoms with Gasteiger partial charge in [0.1, 0.15) is 4.74 Å². The van der Waals surface area contributed by atoms with E-state index in [1.807, 2.05) is 12.1 Å². The van der Waals surface area contributed by atoms with Crippen LogP contribution in [0.15, 0.2) is 53.4 Å². The van der Waals surface area contributed by atoms with Gasteiger partial charge in [0.2, 0.25) is 0 Å². The minimum absolute atomic E-state index is 0.551. The Morgan fingerprint density at radius 1 is 1.00 bits per heavy atom. The highest BCUT2D eigenvalue weighted by Crippen LogP contribution is 2.57. The first-order chi connectivity index (χ1) is 10.2. The summed E-state index contributed by atoms with van der Waals surface area (Å²) in [6, 6.07) is 14.1. The van der Waals surface area contributed by atoms with Crippen LogP contribution in [0.4, 0.5) is 13.2 Å². The summed E-state index contributed by atoms with van der Waals surface area (Å²) in [5.74, 6) is -0.910. The van der Waals surface area contributed by atoms with Gasteiger partial charge in [0, 0.05) is 10.2 Å². The zero-order valence-corrected chi connectivity index (χ0v) is 15.0. The number of hydrogen-bond acceptors (Lipinski definition) is 2. The van der Waals surface area contributed by atoms with E-state index < -0.39 is 16.7 Å². The monoisotopic (exact) mass is 400 g/mol.